The van der Waals surface area contributed by atoms with E-state index in [1.807, 2.05) is 36.9 Å². The highest BCUT2D eigenvalue weighted by Gasteiger charge is 2.62. The van der Waals surface area contributed by atoms with Crippen molar-refractivity contribution in [1.29, 1.82) is 0 Å². The first-order valence-corrected chi connectivity index (χ1v) is 13.6. The van der Waals surface area contributed by atoms with Crippen molar-refractivity contribution in [2.45, 2.75) is 88.5 Å². The minimum absolute atomic E-state index is 0.0150. The highest BCUT2D eigenvalue weighted by Crippen LogP contribution is 2.48. The van der Waals surface area contributed by atoms with E-state index in [4.69, 9.17) is 4.74 Å². The summed E-state index contributed by atoms with van der Waals surface area (Å²) in [5, 5.41) is 3.32. The largest absolute Gasteiger partial charge is 0.381 e. The Kier molecular flexibility index (Phi) is 7.10. The van der Waals surface area contributed by atoms with E-state index in [1.165, 1.54) is 4.90 Å². The number of benzene rings is 1. The van der Waals surface area contributed by atoms with Gasteiger partial charge in [0.25, 0.3) is 5.91 Å². The zero-order valence-corrected chi connectivity index (χ0v) is 21.8. The van der Waals surface area contributed by atoms with Crippen molar-refractivity contribution in [3.8, 4) is 0 Å². The number of nitrogens with one attached hydrogen (secondary N) is 1. The number of carbonyl (C=O) groups is 3. The molecule has 0 aromatic heterocycles. The molecular weight excluding hydrogens is 456 g/mol. The van der Waals surface area contributed by atoms with E-state index in [9.17, 15) is 14.4 Å². The maximum atomic E-state index is 13.3. The summed E-state index contributed by atoms with van der Waals surface area (Å²) in [6.07, 6.45) is 6.09. The number of fused-ring (bicyclic) bond motifs is 2. The van der Waals surface area contributed by atoms with E-state index < -0.39 is 5.54 Å². The number of imide groups is 1. The Morgan fingerprint density at radius 1 is 1.11 bits per heavy atom. The van der Waals surface area contributed by atoms with Crippen LogP contribution in [0.4, 0.5) is 4.79 Å². The number of urea groups is 1. The van der Waals surface area contributed by atoms with Crippen molar-refractivity contribution >= 4 is 17.8 Å². The van der Waals surface area contributed by atoms with Gasteiger partial charge in [-0.15, -0.1) is 0 Å². The molecule has 3 unspecified atom stereocenters. The van der Waals surface area contributed by atoms with Crippen LogP contribution in [-0.2, 0) is 14.3 Å². The Hall–Kier alpha value is -2.45. The summed E-state index contributed by atoms with van der Waals surface area (Å²) in [6.45, 7) is 6.10. The highest BCUT2D eigenvalue weighted by molar-refractivity contribution is 6.07. The summed E-state index contributed by atoms with van der Waals surface area (Å²) in [6, 6.07) is 10.5. The Morgan fingerprint density at radius 2 is 1.81 bits per heavy atom. The molecule has 4 fully saturated rings. The fourth-order valence-corrected chi connectivity index (χ4v) is 7.14. The lowest BCUT2D eigenvalue weighted by Crippen LogP contribution is -2.61. The number of hydrogen-bond acceptors (Lipinski definition) is 5. The topological polar surface area (TPSA) is 82.2 Å². The third-order valence-corrected chi connectivity index (χ3v) is 8.82. The molecule has 2 bridgehead atoms. The van der Waals surface area contributed by atoms with Gasteiger partial charge in [0.1, 0.15) is 5.54 Å². The predicted octanol–water partition coefficient (Wildman–Crippen LogP) is 3.33. The van der Waals surface area contributed by atoms with Gasteiger partial charge >= 0.3 is 6.03 Å². The number of piperidine rings is 1. The van der Waals surface area contributed by atoms with E-state index >= 15 is 0 Å². The summed E-state index contributed by atoms with van der Waals surface area (Å²) < 4.78 is 5.55. The molecule has 4 heterocycles. The Morgan fingerprint density at radius 3 is 2.42 bits per heavy atom. The maximum absolute atomic E-state index is 13.3. The summed E-state index contributed by atoms with van der Waals surface area (Å²) in [5.74, 6) is -0.0439. The molecule has 8 nitrogen and oxygen atoms in total. The molecule has 0 aliphatic carbocycles. The summed E-state index contributed by atoms with van der Waals surface area (Å²) in [5.41, 5.74) is 0.406. The Labute approximate surface area is 214 Å². The Balaban J connectivity index is 1.29. The van der Waals surface area contributed by atoms with Gasteiger partial charge in [0.2, 0.25) is 5.91 Å². The second-order valence-corrected chi connectivity index (χ2v) is 11.3. The fraction of sp³-hybridized carbons (Fsp3) is 0.679. The number of amides is 4. The zero-order valence-electron chi connectivity index (χ0n) is 21.8. The van der Waals surface area contributed by atoms with Crippen LogP contribution in [0.15, 0.2) is 30.3 Å². The lowest BCUT2D eigenvalue weighted by molar-refractivity contribution is -0.137. The average molecular weight is 497 g/mol. The number of carbonyl (C=O) groups excluding carboxylic acids is 3. The SMILES string of the molecule is CC(C)N1C(=O)N(C)C(=O)C12CC1CCC(C2)N1CC[C@H](NC(=O)C1CCCOC1)c1ccccc1. The van der Waals surface area contributed by atoms with Crippen LogP contribution in [0, 0.1) is 5.92 Å². The third-order valence-electron chi connectivity index (χ3n) is 8.82. The van der Waals surface area contributed by atoms with Crippen molar-refractivity contribution in [1.82, 2.24) is 20.0 Å². The van der Waals surface area contributed by atoms with Crippen molar-refractivity contribution in [2.75, 3.05) is 26.8 Å². The van der Waals surface area contributed by atoms with Crippen LogP contribution < -0.4 is 5.32 Å². The molecular formula is C28H40N4O4. The monoisotopic (exact) mass is 496 g/mol. The zero-order chi connectivity index (χ0) is 25.4. The molecule has 0 radical (unpaired) electrons. The highest BCUT2D eigenvalue weighted by atomic mass is 16.5. The van der Waals surface area contributed by atoms with Gasteiger partial charge in [0, 0.05) is 38.3 Å². The molecule has 1 N–H and O–H groups in total. The van der Waals surface area contributed by atoms with Crippen LogP contribution in [0.25, 0.3) is 0 Å². The van der Waals surface area contributed by atoms with Gasteiger partial charge in [-0.2, -0.15) is 0 Å². The third kappa shape index (κ3) is 4.43. The van der Waals surface area contributed by atoms with Crippen LogP contribution in [0.3, 0.4) is 0 Å². The first kappa shape index (κ1) is 25.2. The molecule has 5 rings (SSSR count). The number of rotatable bonds is 7. The molecule has 4 saturated heterocycles. The standard InChI is InChI=1S/C28H40N4O4/c1-19(2)32-27(35)30(3)26(34)28(32)16-22-11-12-23(17-28)31(22)14-13-24(20-8-5-4-6-9-20)29-25(33)21-10-7-15-36-18-21/h4-6,8-9,19,21-24H,7,10-18H2,1-3H3,(H,29,33)/t21?,22?,23?,24-,28?/m0/s1. The quantitative estimate of drug-likeness (QED) is 0.586. The molecule has 1 aromatic carbocycles. The van der Waals surface area contributed by atoms with Crippen LogP contribution in [0.1, 0.15) is 70.4 Å². The maximum Gasteiger partial charge on any atom is 0.327 e. The molecule has 1 spiro atoms. The number of hydrogen-bond donors (Lipinski definition) is 1. The van der Waals surface area contributed by atoms with Gasteiger partial charge in [0.05, 0.1) is 18.6 Å². The van der Waals surface area contributed by atoms with E-state index in [0.717, 1.165) is 50.8 Å². The number of ether oxygens (including phenoxy) is 1. The molecule has 4 aliphatic heterocycles. The van der Waals surface area contributed by atoms with Gasteiger partial charge in [-0.3, -0.25) is 19.4 Å². The van der Waals surface area contributed by atoms with E-state index in [2.05, 4.69) is 22.3 Å². The van der Waals surface area contributed by atoms with Gasteiger partial charge in [0.15, 0.2) is 0 Å². The number of nitrogens with zero attached hydrogens (tertiary/aromatic N) is 3. The molecule has 4 aliphatic rings. The first-order chi connectivity index (χ1) is 17.3. The molecule has 36 heavy (non-hydrogen) atoms. The van der Waals surface area contributed by atoms with Crippen LogP contribution in [0.5, 0.6) is 0 Å². The number of likely N-dealkylation sites (N-methyl/N-ethyl adjacent to an activating group) is 1. The van der Waals surface area contributed by atoms with Gasteiger partial charge in [-0.25, -0.2) is 4.79 Å². The molecule has 4 amide bonds. The van der Waals surface area contributed by atoms with Crippen molar-refractivity contribution in [3.05, 3.63) is 35.9 Å². The second kappa shape index (κ2) is 10.1. The van der Waals surface area contributed by atoms with Gasteiger partial charge < -0.3 is 15.0 Å². The smallest absolute Gasteiger partial charge is 0.327 e. The minimum Gasteiger partial charge on any atom is -0.381 e. The lowest BCUT2D eigenvalue weighted by atomic mass is 9.80. The predicted molar refractivity (Wildman–Crippen MR) is 136 cm³/mol. The molecule has 8 heteroatoms. The summed E-state index contributed by atoms with van der Waals surface area (Å²) in [7, 11) is 1.62. The van der Waals surface area contributed by atoms with Gasteiger partial charge in [-0.05, 0) is 64.4 Å². The molecule has 0 saturated carbocycles. The van der Waals surface area contributed by atoms with Crippen LogP contribution >= 0.6 is 0 Å². The molecule has 1 aromatic rings. The molecule has 4 atom stereocenters. The Bertz CT molecular complexity index is 963. The lowest BCUT2D eigenvalue weighted by Gasteiger charge is -2.48. The first-order valence-electron chi connectivity index (χ1n) is 13.6. The normalized spacial score (nSPS) is 31.5. The van der Waals surface area contributed by atoms with Crippen molar-refractivity contribution in [3.63, 3.8) is 0 Å². The van der Waals surface area contributed by atoms with Crippen molar-refractivity contribution in [2.24, 2.45) is 5.92 Å². The van der Waals surface area contributed by atoms with Crippen LogP contribution in [-0.4, -0.2) is 83.0 Å². The van der Waals surface area contributed by atoms with E-state index in [-0.39, 0.29) is 47.9 Å². The second-order valence-electron chi connectivity index (χ2n) is 11.3. The van der Waals surface area contributed by atoms with Crippen molar-refractivity contribution < 1.29 is 19.1 Å². The van der Waals surface area contributed by atoms with E-state index in [1.54, 1.807) is 7.05 Å². The summed E-state index contributed by atoms with van der Waals surface area (Å²) in [4.78, 5) is 45.0. The van der Waals surface area contributed by atoms with Crippen LogP contribution in [0.2, 0.25) is 0 Å². The fourth-order valence-electron chi connectivity index (χ4n) is 7.14. The molecule has 196 valence electrons. The van der Waals surface area contributed by atoms with Gasteiger partial charge in [-0.1, -0.05) is 30.3 Å². The minimum atomic E-state index is -0.712. The summed E-state index contributed by atoms with van der Waals surface area (Å²) >= 11 is 0. The average Bonchev–Trinajstić information content (AvgIpc) is 3.23. The van der Waals surface area contributed by atoms with E-state index in [0.29, 0.717) is 19.4 Å².